The van der Waals surface area contributed by atoms with Gasteiger partial charge in [0.15, 0.2) is 6.23 Å². The molecule has 4 heteroatoms. The van der Waals surface area contributed by atoms with Gasteiger partial charge in [0.25, 0.3) is 0 Å². The van der Waals surface area contributed by atoms with Gasteiger partial charge in [-0.15, -0.1) is 0 Å². The third kappa shape index (κ3) is 1.49. The maximum absolute atomic E-state index is 11.4. The van der Waals surface area contributed by atoms with Crippen LogP contribution in [0.3, 0.4) is 0 Å². The Bertz CT molecular complexity index is 246. The molecule has 1 saturated heterocycles. The van der Waals surface area contributed by atoms with Gasteiger partial charge >= 0.3 is 5.97 Å². The van der Waals surface area contributed by atoms with Gasteiger partial charge in [0.1, 0.15) is 5.41 Å². The Labute approximate surface area is 84.0 Å². The van der Waals surface area contributed by atoms with Crippen LogP contribution in [0.15, 0.2) is 0 Å². The van der Waals surface area contributed by atoms with Gasteiger partial charge < -0.3 is 10.1 Å². The van der Waals surface area contributed by atoms with Crippen LogP contribution < -0.4 is 5.32 Å². The predicted molar refractivity (Wildman–Crippen MR) is 51.3 cm³/mol. The van der Waals surface area contributed by atoms with Crippen LogP contribution in [-0.2, 0) is 14.3 Å². The molecule has 1 atom stereocenters. The Morgan fingerprint density at radius 3 is 2.36 bits per heavy atom. The monoisotopic (exact) mass is 199 g/mol. The number of carbonyl (C=O) groups is 2. The summed E-state index contributed by atoms with van der Waals surface area (Å²) in [6.07, 6.45) is 1.33. The third-order valence-electron chi connectivity index (χ3n) is 3.02. The maximum Gasteiger partial charge on any atom is 0.307 e. The molecule has 0 spiro atoms. The quantitative estimate of drug-likeness (QED) is 0.546. The standard InChI is InChI=1S/C10H17NO3/c1-4-7(12)14-9-10(5-2,6-3)8(13)11-9/h9H,4-6H2,1-3H3,(H,11,13). The van der Waals surface area contributed by atoms with Gasteiger partial charge in [0.05, 0.1) is 0 Å². The highest BCUT2D eigenvalue weighted by Crippen LogP contribution is 2.38. The summed E-state index contributed by atoms with van der Waals surface area (Å²) in [4.78, 5) is 22.5. The smallest absolute Gasteiger partial charge is 0.307 e. The summed E-state index contributed by atoms with van der Waals surface area (Å²) in [6.45, 7) is 5.62. The topological polar surface area (TPSA) is 55.4 Å². The molecule has 0 aromatic rings. The number of hydrogen-bond acceptors (Lipinski definition) is 3. The Hall–Kier alpha value is -1.06. The van der Waals surface area contributed by atoms with E-state index in [0.717, 1.165) is 0 Å². The lowest BCUT2D eigenvalue weighted by molar-refractivity contribution is -0.184. The van der Waals surface area contributed by atoms with E-state index < -0.39 is 11.6 Å². The van der Waals surface area contributed by atoms with Crippen LogP contribution in [0.5, 0.6) is 0 Å². The minimum Gasteiger partial charge on any atom is -0.440 e. The van der Waals surface area contributed by atoms with Gasteiger partial charge in [-0.2, -0.15) is 0 Å². The summed E-state index contributed by atoms with van der Waals surface area (Å²) in [7, 11) is 0. The summed E-state index contributed by atoms with van der Waals surface area (Å²) in [5.74, 6) is -0.266. The first-order valence-corrected chi connectivity index (χ1v) is 5.11. The van der Waals surface area contributed by atoms with E-state index in [1.54, 1.807) is 6.92 Å². The average molecular weight is 199 g/mol. The Morgan fingerprint density at radius 2 is 2.00 bits per heavy atom. The van der Waals surface area contributed by atoms with Crippen molar-refractivity contribution in [3.63, 3.8) is 0 Å². The molecule has 1 unspecified atom stereocenters. The number of nitrogens with one attached hydrogen (secondary N) is 1. The molecular formula is C10H17NO3. The van der Waals surface area contributed by atoms with Crippen molar-refractivity contribution in [1.82, 2.24) is 5.32 Å². The number of ether oxygens (including phenoxy) is 1. The molecule has 80 valence electrons. The number of amides is 1. The van der Waals surface area contributed by atoms with E-state index in [1.165, 1.54) is 0 Å². The molecule has 0 bridgehead atoms. The second-order valence-electron chi connectivity index (χ2n) is 3.56. The Kier molecular flexibility index (Phi) is 3.13. The fourth-order valence-electron chi connectivity index (χ4n) is 1.74. The molecule has 0 saturated carbocycles. The van der Waals surface area contributed by atoms with Crippen LogP contribution >= 0.6 is 0 Å². The van der Waals surface area contributed by atoms with Crippen molar-refractivity contribution >= 4 is 11.9 Å². The number of rotatable bonds is 4. The van der Waals surface area contributed by atoms with Gasteiger partial charge in [-0.25, -0.2) is 0 Å². The van der Waals surface area contributed by atoms with E-state index in [-0.39, 0.29) is 11.9 Å². The Balaban J connectivity index is 2.64. The molecule has 1 amide bonds. The second kappa shape index (κ2) is 3.98. The van der Waals surface area contributed by atoms with Gasteiger partial charge in [-0.3, -0.25) is 9.59 Å². The first kappa shape index (κ1) is 11.0. The molecule has 1 rings (SSSR count). The van der Waals surface area contributed by atoms with E-state index in [2.05, 4.69) is 5.32 Å². The normalized spacial score (nSPS) is 23.6. The number of esters is 1. The van der Waals surface area contributed by atoms with Gasteiger partial charge in [-0.1, -0.05) is 20.8 Å². The van der Waals surface area contributed by atoms with Crippen molar-refractivity contribution in [2.24, 2.45) is 5.41 Å². The molecule has 1 fully saturated rings. The first-order valence-electron chi connectivity index (χ1n) is 5.11. The molecule has 0 radical (unpaired) electrons. The van der Waals surface area contributed by atoms with Crippen molar-refractivity contribution in [3.8, 4) is 0 Å². The van der Waals surface area contributed by atoms with Crippen LogP contribution in [0.25, 0.3) is 0 Å². The van der Waals surface area contributed by atoms with E-state index in [9.17, 15) is 9.59 Å². The SMILES string of the molecule is CCC(=O)OC1NC(=O)C1(CC)CC. The average Bonchev–Trinajstić information content (AvgIpc) is 2.19. The van der Waals surface area contributed by atoms with Crippen LogP contribution in [0, 0.1) is 5.41 Å². The first-order chi connectivity index (χ1) is 6.60. The van der Waals surface area contributed by atoms with Crippen LogP contribution in [0.1, 0.15) is 40.0 Å². The molecule has 1 aliphatic rings. The van der Waals surface area contributed by atoms with Gasteiger partial charge in [-0.05, 0) is 12.8 Å². The van der Waals surface area contributed by atoms with E-state index in [4.69, 9.17) is 4.74 Å². The molecular weight excluding hydrogens is 182 g/mol. The van der Waals surface area contributed by atoms with E-state index in [0.29, 0.717) is 19.3 Å². The number of carbonyl (C=O) groups excluding carboxylic acids is 2. The van der Waals surface area contributed by atoms with E-state index in [1.807, 2.05) is 13.8 Å². The van der Waals surface area contributed by atoms with E-state index >= 15 is 0 Å². The van der Waals surface area contributed by atoms with Crippen LogP contribution in [0.4, 0.5) is 0 Å². The number of β-lactam (4-membered cyclic amide) rings is 1. The highest BCUT2D eigenvalue weighted by molar-refractivity contribution is 5.90. The van der Waals surface area contributed by atoms with Crippen LogP contribution in [0.2, 0.25) is 0 Å². The highest BCUT2D eigenvalue weighted by atomic mass is 16.6. The molecule has 0 aliphatic carbocycles. The lowest BCUT2D eigenvalue weighted by Gasteiger charge is -2.46. The molecule has 1 heterocycles. The third-order valence-corrected chi connectivity index (χ3v) is 3.02. The molecule has 14 heavy (non-hydrogen) atoms. The second-order valence-corrected chi connectivity index (χ2v) is 3.56. The number of hydrogen-bond donors (Lipinski definition) is 1. The summed E-state index contributed by atoms with van der Waals surface area (Å²) in [6, 6.07) is 0. The highest BCUT2D eigenvalue weighted by Gasteiger charge is 2.54. The lowest BCUT2D eigenvalue weighted by atomic mass is 9.73. The molecule has 0 aromatic carbocycles. The molecule has 0 aromatic heterocycles. The lowest BCUT2D eigenvalue weighted by Crippen LogP contribution is -2.68. The zero-order valence-corrected chi connectivity index (χ0v) is 8.92. The van der Waals surface area contributed by atoms with Crippen molar-refractivity contribution in [2.45, 2.75) is 46.3 Å². The summed E-state index contributed by atoms with van der Waals surface area (Å²) < 4.78 is 5.13. The van der Waals surface area contributed by atoms with Gasteiger partial charge in [0.2, 0.25) is 5.91 Å². The molecule has 1 aliphatic heterocycles. The fraction of sp³-hybridized carbons (Fsp3) is 0.800. The predicted octanol–water partition coefficient (Wildman–Crippen LogP) is 1.20. The van der Waals surface area contributed by atoms with Crippen molar-refractivity contribution in [3.05, 3.63) is 0 Å². The van der Waals surface area contributed by atoms with Crippen molar-refractivity contribution < 1.29 is 14.3 Å². The summed E-state index contributed by atoms with van der Waals surface area (Å²) in [5.41, 5.74) is -0.481. The summed E-state index contributed by atoms with van der Waals surface area (Å²) >= 11 is 0. The molecule has 1 N–H and O–H groups in total. The largest absolute Gasteiger partial charge is 0.440 e. The Morgan fingerprint density at radius 1 is 1.43 bits per heavy atom. The zero-order valence-electron chi connectivity index (χ0n) is 8.92. The minimum atomic E-state index is -0.481. The minimum absolute atomic E-state index is 0.00333. The summed E-state index contributed by atoms with van der Waals surface area (Å²) in [5, 5.41) is 2.62. The van der Waals surface area contributed by atoms with Crippen molar-refractivity contribution in [2.75, 3.05) is 0 Å². The van der Waals surface area contributed by atoms with Gasteiger partial charge in [0, 0.05) is 6.42 Å². The van der Waals surface area contributed by atoms with Crippen LogP contribution in [-0.4, -0.2) is 18.1 Å². The maximum atomic E-state index is 11.4. The molecule has 4 nitrogen and oxygen atoms in total. The zero-order chi connectivity index (χ0) is 10.8. The fourth-order valence-corrected chi connectivity index (χ4v) is 1.74. The van der Waals surface area contributed by atoms with Crippen molar-refractivity contribution in [1.29, 1.82) is 0 Å².